The molecule has 3 aromatic rings. The second-order valence-corrected chi connectivity index (χ2v) is 8.19. The lowest BCUT2D eigenvalue weighted by Gasteiger charge is -2.33. The summed E-state index contributed by atoms with van der Waals surface area (Å²) in [6.07, 6.45) is 0. The number of nitrogens with zero attached hydrogens (tertiary/aromatic N) is 1. The number of methoxy groups -OCH3 is 1. The molecule has 156 valence electrons. The van der Waals surface area contributed by atoms with Gasteiger partial charge in [-0.15, -0.1) is 0 Å². The number of ether oxygens (including phenoxy) is 2. The molecule has 8 heteroatoms. The summed E-state index contributed by atoms with van der Waals surface area (Å²) in [7, 11) is 1.44. The number of carbonyl (C=O) groups is 1. The number of fused-ring (bicyclic) bond motifs is 3. The van der Waals surface area contributed by atoms with Crippen LogP contribution in [0.4, 0.5) is 4.39 Å². The first kappa shape index (κ1) is 20.4. The van der Waals surface area contributed by atoms with E-state index >= 15 is 4.39 Å². The van der Waals surface area contributed by atoms with Gasteiger partial charge >= 0.3 is 5.97 Å². The van der Waals surface area contributed by atoms with E-state index in [0.29, 0.717) is 22.7 Å². The monoisotopic (exact) mass is 428 g/mol. The Labute approximate surface area is 176 Å². The molecule has 1 aromatic heterocycles. The summed E-state index contributed by atoms with van der Waals surface area (Å²) in [5.41, 5.74) is 7.30. The van der Waals surface area contributed by atoms with E-state index in [2.05, 4.69) is 0 Å². The molecule has 30 heavy (non-hydrogen) atoms. The van der Waals surface area contributed by atoms with Crippen LogP contribution in [0.1, 0.15) is 35.1 Å². The van der Waals surface area contributed by atoms with Gasteiger partial charge in [-0.2, -0.15) is 0 Å². The second-order valence-electron chi connectivity index (χ2n) is 6.88. The van der Waals surface area contributed by atoms with Crippen molar-refractivity contribution >= 4 is 28.6 Å². The molecule has 1 unspecified atom stereocenters. The number of carbonyl (C=O) groups excluding carboxylic acids is 1. The van der Waals surface area contributed by atoms with Crippen LogP contribution in [0.25, 0.3) is 22.0 Å². The Kier molecular flexibility index (Phi) is 5.29. The Morgan fingerprint density at radius 3 is 2.57 bits per heavy atom. The lowest BCUT2D eigenvalue weighted by Crippen LogP contribution is -2.29. The molecular formula is C22H21FN2O4S. The van der Waals surface area contributed by atoms with Crippen molar-refractivity contribution in [3.8, 4) is 16.9 Å². The van der Waals surface area contributed by atoms with Crippen molar-refractivity contribution in [2.75, 3.05) is 13.7 Å². The highest BCUT2D eigenvalue weighted by Crippen LogP contribution is 2.50. The summed E-state index contributed by atoms with van der Waals surface area (Å²) in [6.45, 7) is 4.13. The number of hydrogen-bond donors (Lipinski definition) is 1. The van der Waals surface area contributed by atoms with Crippen molar-refractivity contribution in [2.45, 2.75) is 30.8 Å². The molecule has 0 saturated heterocycles. The molecule has 1 atom stereocenters. The molecular weight excluding hydrogens is 407 g/mol. The lowest BCUT2D eigenvalue weighted by molar-refractivity contribution is 0.0518. The summed E-state index contributed by atoms with van der Waals surface area (Å²) in [5.74, 6) is -1.05. The van der Waals surface area contributed by atoms with E-state index in [1.54, 1.807) is 19.1 Å². The molecule has 0 radical (unpaired) electrons. The van der Waals surface area contributed by atoms with Gasteiger partial charge in [-0.1, -0.05) is 36.0 Å². The third kappa shape index (κ3) is 2.98. The zero-order valence-corrected chi connectivity index (χ0v) is 17.6. The van der Waals surface area contributed by atoms with Gasteiger partial charge in [-0.05, 0) is 31.0 Å². The van der Waals surface area contributed by atoms with Crippen molar-refractivity contribution in [3.63, 3.8) is 0 Å². The fourth-order valence-electron chi connectivity index (χ4n) is 3.77. The molecule has 6 nitrogen and oxygen atoms in total. The van der Waals surface area contributed by atoms with Crippen LogP contribution >= 0.6 is 11.8 Å². The number of aromatic nitrogens is 1. The van der Waals surface area contributed by atoms with Gasteiger partial charge < -0.3 is 19.8 Å². The molecule has 2 aromatic carbocycles. The average molecular weight is 428 g/mol. The fourth-order valence-corrected chi connectivity index (χ4v) is 4.90. The first-order valence-corrected chi connectivity index (χ1v) is 10.4. The summed E-state index contributed by atoms with van der Waals surface area (Å²) >= 11 is 1.39. The highest BCUT2D eigenvalue weighted by molar-refractivity contribution is 8.00. The SMILES string of the molecule is CCOC(=O)c1c2n(c3c(OC)c(-c4ccc(CN)cc4)c(F)cc3c1=O)C(C)S2. The van der Waals surface area contributed by atoms with Crippen molar-refractivity contribution in [1.82, 2.24) is 4.57 Å². The van der Waals surface area contributed by atoms with Crippen molar-refractivity contribution in [3.05, 3.63) is 57.5 Å². The van der Waals surface area contributed by atoms with Gasteiger partial charge in [-0.25, -0.2) is 9.18 Å². The van der Waals surface area contributed by atoms with Gasteiger partial charge in [-0.3, -0.25) is 4.79 Å². The number of pyridine rings is 1. The lowest BCUT2D eigenvalue weighted by atomic mass is 9.98. The minimum atomic E-state index is -0.701. The van der Waals surface area contributed by atoms with Gasteiger partial charge in [0.2, 0.25) is 5.43 Å². The van der Waals surface area contributed by atoms with Crippen LogP contribution in [0.3, 0.4) is 0 Å². The maximum Gasteiger partial charge on any atom is 0.344 e. The Bertz CT molecular complexity index is 1220. The maximum atomic E-state index is 15.3. The zero-order chi connectivity index (χ0) is 21.6. The second kappa shape index (κ2) is 7.77. The molecule has 1 aliphatic heterocycles. The molecule has 4 rings (SSSR count). The van der Waals surface area contributed by atoms with Crippen LogP contribution in [0.2, 0.25) is 0 Å². The summed E-state index contributed by atoms with van der Waals surface area (Å²) in [4.78, 5) is 25.6. The van der Waals surface area contributed by atoms with Crippen LogP contribution in [0.15, 0.2) is 40.2 Å². The van der Waals surface area contributed by atoms with Crippen molar-refractivity contribution < 1.29 is 18.7 Å². The van der Waals surface area contributed by atoms with Gasteiger partial charge in [0.25, 0.3) is 0 Å². The molecule has 0 amide bonds. The topological polar surface area (TPSA) is 83.6 Å². The van der Waals surface area contributed by atoms with E-state index in [-0.39, 0.29) is 34.2 Å². The number of nitrogens with two attached hydrogens (primary N) is 1. The van der Waals surface area contributed by atoms with E-state index < -0.39 is 17.2 Å². The third-order valence-corrected chi connectivity index (χ3v) is 6.34. The molecule has 0 bridgehead atoms. The minimum Gasteiger partial charge on any atom is -0.494 e. The molecule has 0 fully saturated rings. The Hall–Kier alpha value is -2.84. The Morgan fingerprint density at radius 1 is 1.30 bits per heavy atom. The predicted molar refractivity (Wildman–Crippen MR) is 115 cm³/mol. The van der Waals surface area contributed by atoms with Crippen LogP contribution in [0.5, 0.6) is 5.75 Å². The molecule has 1 aliphatic rings. The number of benzene rings is 2. The van der Waals surface area contributed by atoms with E-state index in [4.69, 9.17) is 15.2 Å². The standard InChI is InChI=1S/C22H21FN2O4S/c1-4-29-22(27)17-19(26)14-9-15(23)16(13-7-5-12(10-24)6-8-13)20(28-3)18(14)25-11(2)30-21(17)25/h5-9,11H,4,10,24H2,1-3H3. The van der Waals surface area contributed by atoms with Crippen LogP contribution in [0, 0.1) is 5.82 Å². The first-order valence-electron chi connectivity index (χ1n) is 9.54. The van der Waals surface area contributed by atoms with Crippen LogP contribution in [-0.2, 0) is 11.3 Å². The molecule has 0 aliphatic carbocycles. The van der Waals surface area contributed by atoms with Gasteiger partial charge in [0.05, 0.1) is 40.6 Å². The van der Waals surface area contributed by atoms with Gasteiger partial charge in [0.1, 0.15) is 11.4 Å². The Balaban J connectivity index is 2.07. The van der Waals surface area contributed by atoms with E-state index in [1.807, 2.05) is 23.6 Å². The number of esters is 1. The number of rotatable bonds is 5. The molecule has 2 N–H and O–H groups in total. The van der Waals surface area contributed by atoms with Crippen LogP contribution < -0.4 is 15.9 Å². The van der Waals surface area contributed by atoms with Crippen molar-refractivity contribution in [2.24, 2.45) is 5.73 Å². The average Bonchev–Trinajstić information content (AvgIpc) is 2.73. The van der Waals surface area contributed by atoms with Gasteiger partial charge in [0, 0.05) is 6.54 Å². The Morgan fingerprint density at radius 2 is 2.00 bits per heavy atom. The number of halogens is 1. The van der Waals surface area contributed by atoms with E-state index in [0.717, 1.165) is 5.56 Å². The normalized spacial score (nSPS) is 14.9. The van der Waals surface area contributed by atoms with Crippen molar-refractivity contribution in [1.29, 1.82) is 0 Å². The maximum absolute atomic E-state index is 15.3. The zero-order valence-electron chi connectivity index (χ0n) is 16.8. The van der Waals surface area contributed by atoms with E-state index in [1.165, 1.54) is 24.9 Å². The van der Waals surface area contributed by atoms with Gasteiger partial charge in [0.15, 0.2) is 5.75 Å². The fraction of sp³-hybridized carbons (Fsp3) is 0.273. The smallest absolute Gasteiger partial charge is 0.344 e. The first-order chi connectivity index (χ1) is 14.4. The summed E-state index contributed by atoms with van der Waals surface area (Å²) < 4.78 is 27.8. The van der Waals surface area contributed by atoms with E-state index in [9.17, 15) is 9.59 Å². The highest BCUT2D eigenvalue weighted by atomic mass is 32.2. The summed E-state index contributed by atoms with van der Waals surface area (Å²) in [6, 6.07) is 8.37. The molecule has 0 spiro atoms. The number of hydrogen-bond acceptors (Lipinski definition) is 6. The minimum absolute atomic E-state index is 0.0527. The summed E-state index contributed by atoms with van der Waals surface area (Å²) in [5, 5.41) is 0.543. The largest absolute Gasteiger partial charge is 0.494 e. The predicted octanol–water partition coefficient (Wildman–Crippen LogP) is 4.08. The highest BCUT2D eigenvalue weighted by Gasteiger charge is 2.35. The molecule has 0 saturated carbocycles. The third-order valence-electron chi connectivity index (χ3n) is 5.16. The quantitative estimate of drug-likeness (QED) is 0.617. The molecule has 2 heterocycles. The van der Waals surface area contributed by atoms with Crippen LogP contribution in [-0.4, -0.2) is 24.3 Å². The number of thioether (sulfide) groups is 1.